The number of carbonyl (C=O) groups is 1. The Bertz CT molecular complexity index is 605. The lowest BCUT2D eigenvalue weighted by Crippen LogP contribution is -2.36. The molecule has 0 saturated heterocycles. The lowest BCUT2D eigenvalue weighted by molar-refractivity contribution is -0.121. The van der Waals surface area contributed by atoms with Crippen molar-refractivity contribution in [3.05, 3.63) is 29.3 Å². The number of aryl methyl sites for hydroxylation is 2. The van der Waals surface area contributed by atoms with Crippen LogP contribution in [0, 0.1) is 0 Å². The summed E-state index contributed by atoms with van der Waals surface area (Å²) in [6.45, 7) is 0.419. The van der Waals surface area contributed by atoms with Crippen LogP contribution < -0.4 is 16.4 Å². The Morgan fingerprint density at radius 3 is 2.75 bits per heavy atom. The molecule has 2 aliphatic carbocycles. The molecule has 5 heteroatoms. The van der Waals surface area contributed by atoms with Gasteiger partial charge in [0.15, 0.2) is 5.96 Å². The Morgan fingerprint density at radius 2 is 1.92 bits per heavy atom. The summed E-state index contributed by atoms with van der Waals surface area (Å²) in [6, 6.07) is 6.72. The Balaban J connectivity index is 1.41. The molecule has 1 amide bonds. The second-order valence-electron chi connectivity index (χ2n) is 6.88. The highest BCUT2D eigenvalue weighted by Crippen LogP contribution is 2.24. The van der Waals surface area contributed by atoms with E-state index in [1.807, 2.05) is 6.07 Å². The third-order valence-corrected chi connectivity index (χ3v) is 4.96. The van der Waals surface area contributed by atoms with E-state index < -0.39 is 0 Å². The molecule has 0 bridgehead atoms. The second kappa shape index (κ2) is 8.18. The van der Waals surface area contributed by atoms with Crippen molar-refractivity contribution >= 4 is 17.6 Å². The van der Waals surface area contributed by atoms with Gasteiger partial charge in [0.25, 0.3) is 0 Å². The summed E-state index contributed by atoms with van der Waals surface area (Å²) < 4.78 is 0. The number of nitrogens with zero attached hydrogens (tertiary/aromatic N) is 1. The molecule has 1 aromatic rings. The van der Waals surface area contributed by atoms with Gasteiger partial charge in [-0.2, -0.15) is 0 Å². The smallest absolute Gasteiger partial charge is 0.222 e. The van der Waals surface area contributed by atoms with E-state index in [4.69, 9.17) is 5.73 Å². The average molecular weight is 328 g/mol. The quantitative estimate of drug-likeness (QED) is 0.574. The Hall–Kier alpha value is -2.04. The Labute approximate surface area is 144 Å². The van der Waals surface area contributed by atoms with Crippen LogP contribution >= 0.6 is 0 Å². The molecular formula is C19H28N4O. The highest BCUT2D eigenvalue weighted by molar-refractivity contribution is 5.92. The standard InChI is InChI=1S/C19H28N4O/c20-19(23-17-10-9-14-5-4-6-15(14)13-17)21-12-11-18(24)22-16-7-2-1-3-8-16/h9-10,13,16H,1-8,11-12H2,(H,22,24)(H3,20,21,23). The number of carbonyl (C=O) groups excluding carboxylic acids is 1. The summed E-state index contributed by atoms with van der Waals surface area (Å²) in [5, 5.41) is 6.22. The van der Waals surface area contributed by atoms with Crippen molar-refractivity contribution in [2.24, 2.45) is 10.7 Å². The molecule has 1 fully saturated rings. The van der Waals surface area contributed by atoms with Gasteiger partial charge >= 0.3 is 0 Å². The van der Waals surface area contributed by atoms with Crippen molar-refractivity contribution in [1.29, 1.82) is 0 Å². The molecule has 130 valence electrons. The van der Waals surface area contributed by atoms with E-state index >= 15 is 0 Å². The van der Waals surface area contributed by atoms with Crippen LogP contribution in [0.2, 0.25) is 0 Å². The van der Waals surface area contributed by atoms with Crippen molar-refractivity contribution in [3.63, 3.8) is 0 Å². The van der Waals surface area contributed by atoms with Crippen LogP contribution in [-0.2, 0) is 17.6 Å². The van der Waals surface area contributed by atoms with Crippen molar-refractivity contribution in [2.45, 2.75) is 63.8 Å². The largest absolute Gasteiger partial charge is 0.370 e. The van der Waals surface area contributed by atoms with Crippen molar-refractivity contribution in [2.75, 3.05) is 11.9 Å². The summed E-state index contributed by atoms with van der Waals surface area (Å²) in [4.78, 5) is 16.2. The summed E-state index contributed by atoms with van der Waals surface area (Å²) in [5.74, 6) is 0.453. The summed E-state index contributed by atoms with van der Waals surface area (Å²) in [5.41, 5.74) is 9.75. The number of fused-ring (bicyclic) bond motifs is 1. The molecule has 0 unspecified atom stereocenters. The highest BCUT2D eigenvalue weighted by Gasteiger charge is 2.15. The van der Waals surface area contributed by atoms with E-state index in [0.29, 0.717) is 25.0 Å². The van der Waals surface area contributed by atoms with Gasteiger partial charge in [-0.3, -0.25) is 9.79 Å². The fraction of sp³-hybridized carbons (Fsp3) is 0.579. The van der Waals surface area contributed by atoms with Crippen LogP contribution in [0.15, 0.2) is 23.2 Å². The topological polar surface area (TPSA) is 79.5 Å². The molecule has 24 heavy (non-hydrogen) atoms. The first-order chi connectivity index (χ1) is 11.7. The zero-order valence-corrected chi connectivity index (χ0v) is 14.3. The van der Waals surface area contributed by atoms with Gasteiger partial charge in [0.2, 0.25) is 5.91 Å². The van der Waals surface area contributed by atoms with Gasteiger partial charge < -0.3 is 16.4 Å². The summed E-state index contributed by atoms with van der Waals surface area (Å²) >= 11 is 0. The van der Waals surface area contributed by atoms with E-state index in [2.05, 4.69) is 27.8 Å². The Kier molecular flexibility index (Phi) is 5.72. The molecule has 2 aliphatic rings. The number of amides is 1. The first kappa shape index (κ1) is 16.8. The number of aliphatic imine (C=N–C) groups is 1. The van der Waals surface area contributed by atoms with Crippen LogP contribution in [0.1, 0.15) is 56.1 Å². The monoisotopic (exact) mass is 328 g/mol. The van der Waals surface area contributed by atoms with E-state index in [0.717, 1.165) is 24.9 Å². The number of hydrogen-bond donors (Lipinski definition) is 3. The fourth-order valence-electron chi connectivity index (χ4n) is 3.66. The van der Waals surface area contributed by atoms with Gasteiger partial charge in [-0.25, -0.2) is 0 Å². The van der Waals surface area contributed by atoms with E-state index in [9.17, 15) is 4.79 Å². The van der Waals surface area contributed by atoms with Gasteiger partial charge in [0.1, 0.15) is 0 Å². The van der Waals surface area contributed by atoms with Gasteiger partial charge in [0, 0.05) is 18.2 Å². The van der Waals surface area contributed by atoms with Crippen LogP contribution in [-0.4, -0.2) is 24.5 Å². The van der Waals surface area contributed by atoms with Gasteiger partial charge in [-0.05, 0) is 55.4 Å². The predicted molar refractivity (Wildman–Crippen MR) is 98.2 cm³/mol. The number of benzene rings is 1. The van der Waals surface area contributed by atoms with E-state index in [1.54, 1.807) is 0 Å². The molecule has 0 radical (unpaired) electrons. The minimum absolute atomic E-state index is 0.0796. The van der Waals surface area contributed by atoms with Crippen LogP contribution in [0.5, 0.6) is 0 Å². The minimum atomic E-state index is 0.0796. The SMILES string of the molecule is NC(=NCCC(=O)NC1CCCCC1)Nc1ccc2c(c1)CCC2. The maximum absolute atomic E-state index is 11.9. The number of nitrogens with one attached hydrogen (secondary N) is 2. The normalized spacial score (nSPS) is 18.2. The Morgan fingerprint density at radius 1 is 1.12 bits per heavy atom. The average Bonchev–Trinajstić information content (AvgIpc) is 3.03. The zero-order chi connectivity index (χ0) is 16.8. The molecule has 3 rings (SSSR count). The van der Waals surface area contributed by atoms with E-state index in [-0.39, 0.29) is 5.91 Å². The zero-order valence-electron chi connectivity index (χ0n) is 14.3. The molecule has 0 atom stereocenters. The molecule has 4 N–H and O–H groups in total. The molecule has 1 aromatic carbocycles. The second-order valence-corrected chi connectivity index (χ2v) is 6.88. The fourth-order valence-corrected chi connectivity index (χ4v) is 3.66. The highest BCUT2D eigenvalue weighted by atomic mass is 16.1. The maximum atomic E-state index is 11.9. The molecule has 0 heterocycles. The third kappa shape index (κ3) is 4.73. The van der Waals surface area contributed by atoms with Crippen molar-refractivity contribution < 1.29 is 4.79 Å². The molecule has 1 saturated carbocycles. The maximum Gasteiger partial charge on any atom is 0.222 e. The summed E-state index contributed by atoms with van der Waals surface area (Å²) in [7, 11) is 0. The van der Waals surface area contributed by atoms with Crippen molar-refractivity contribution in [3.8, 4) is 0 Å². The molecule has 0 aliphatic heterocycles. The first-order valence-electron chi connectivity index (χ1n) is 9.19. The van der Waals surface area contributed by atoms with Crippen molar-refractivity contribution in [1.82, 2.24) is 5.32 Å². The number of hydrogen-bond acceptors (Lipinski definition) is 2. The predicted octanol–water partition coefficient (Wildman–Crippen LogP) is 2.74. The molecular weight excluding hydrogens is 300 g/mol. The molecule has 0 spiro atoms. The first-order valence-corrected chi connectivity index (χ1v) is 9.19. The van der Waals surface area contributed by atoms with E-state index in [1.165, 1.54) is 43.2 Å². The number of rotatable bonds is 5. The number of guanidine groups is 1. The lowest BCUT2D eigenvalue weighted by atomic mass is 9.95. The molecule has 5 nitrogen and oxygen atoms in total. The van der Waals surface area contributed by atoms with Gasteiger partial charge in [0.05, 0.1) is 6.54 Å². The minimum Gasteiger partial charge on any atom is -0.370 e. The van der Waals surface area contributed by atoms with Crippen LogP contribution in [0.3, 0.4) is 0 Å². The number of nitrogens with two attached hydrogens (primary N) is 1. The molecule has 0 aromatic heterocycles. The van der Waals surface area contributed by atoms with Gasteiger partial charge in [-0.1, -0.05) is 25.3 Å². The lowest BCUT2D eigenvalue weighted by Gasteiger charge is -2.22. The van der Waals surface area contributed by atoms with Crippen LogP contribution in [0.4, 0.5) is 5.69 Å². The third-order valence-electron chi connectivity index (χ3n) is 4.96. The van der Waals surface area contributed by atoms with Gasteiger partial charge in [-0.15, -0.1) is 0 Å². The summed E-state index contributed by atoms with van der Waals surface area (Å²) in [6.07, 6.45) is 9.90. The van der Waals surface area contributed by atoms with Crippen LogP contribution in [0.25, 0.3) is 0 Å². The number of anilines is 1.